The normalized spacial score (nSPS) is 17.1. The molecular formula is C32H29ClN4O3. The molecule has 0 unspecified atom stereocenters. The molecule has 1 aliphatic heterocycles. The number of halogens is 1. The number of hydrogen-bond acceptors (Lipinski definition) is 3. The van der Waals surface area contributed by atoms with E-state index < -0.39 is 0 Å². The van der Waals surface area contributed by atoms with Crippen LogP contribution in [0.2, 0.25) is 0 Å². The van der Waals surface area contributed by atoms with Crippen LogP contribution in [-0.4, -0.2) is 38.8 Å². The molecule has 7 rings (SSSR count). The molecule has 0 bridgehead atoms. The molecule has 2 aliphatic rings. The van der Waals surface area contributed by atoms with Gasteiger partial charge in [-0.3, -0.25) is 9.59 Å². The molecule has 0 radical (unpaired) electrons. The predicted octanol–water partition coefficient (Wildman–Crippen LogP) is 6.86. The van der Waals surface area contributed by atoms with Crippen molar-refractivity contribution in [3.05, 3.63) is 88.7 Å². The number of phenolic OH excluding ortho intramolecular Hbond substituents is 1. The topological polar surface area (TPSA) is 101 Å². The number of fused-ring (bicyclic) bond motifs is 5. The maximum absolute atomic E-state index is 13.9. The first-order valence-electron chi connectivity index (χ1n) is 13.7. The van der Waals surface area contributed by atoms with Crippen molar-refractivity contribution >= 4 is 56.6 Å². The molecule has 0 fully saturated rings. The van der Waals surface area contributed by atoms with E-state index in [1.54, 1.807) is 11.0 Å². The molecule has 202 valence electrons. The average Bonchev–Trinajstić information content (AvgIpc) is 3.67. The lowest BCUT2D eigenvalue weighted by atomic mass is 9.83. The molecule has 2 atom stereocenters. The number of nitrogens with one attached hydrogen (secondary N) is 3. The van der Waals surface area contributed by atoms with Crippen LogP contribution in [-0.2, 0) is 12.8 Å². The maximum atomic E-state index is 13.9. The molecular weight excluding hydrogens is 524 g/mol. The lowest BCUT2D eigenvalue weighted by Crippen LogP contribution is -2.31. The molecule has 40 heavy (non-hydrogen) atoms. The van der Waals surface area contributed by atoms with E-state index in [1.165, 1.54) is 5.56 Å². The minimum absolute atomic E-state index is 0.00361. The number of hydrogen-bond donors (Lipinski definition) is 4. The van der Waals surface area contributed by atoms with Gasteiger partial charge in [0, 0.05) is 51.4 Å². The van der Waals surface area contributed by atoms with E-state index in [0.29, 0.717) is 23.6 Å². The summed E-state index contributed by atoms with van der Waals surface area (Å²) in [5.74, 6) is -0.137. The molecule has 0 spiro atoms. The zero-order chi connectivity index (χ0) is 27.5. The molecule has 2 amide bonds. The number of phenols is 1. The van der Waals surface area contributed by atoms with Crippen molar-refractivity contribution in [1.29, 1.82) is 0 Å². The quantitative estimate of drug-likeness (QED) is 0.183. The third kappa shape index (κ3) is 4.04. The SMILES string of the molecule is C[C@H](Cl)[C@H]1CN(C(=O)c2cc3cc(NC(=O)c4cc5ccccc5[nH]4)ccc3[nH]2)c2cc(O)c3c(c21)CCCC3. The van der Waals surface area contributed by atoms with Crippen LogP contribution in [0.3, 0.4) is 0 Å². The van der Waals surface area contributed by atoms with Crippen LogP contribution < -0.4 is 10.2 Å². The summed E-state index contributed by atoms with van der Waals surface area (Å²) in [6, 6.07) is 18.7. The van der Waals surface area contributed by atoms with Crippen molar-refractivity contribution in [2.75, 3.05) is 16.8 Å². The molecule has 2 aromatic heterocycles. The first-order valence-corrected chi connectivity index (χ1v) is 14.2. The van der Waals surface area contributed by atoms with Gasteiger partial charge in [-0.2, -0.15) is 0 Å². The molecule has 4 N–H and O–H groups in total. The van der Waals surface area contributed by atoms with E-state index in [0.717, 1.165) is 64.3 Å². The first-order chi connectivity index (χ1) is 19.4. The van der Waals surface area contributed by atoms with Crippen molar-refractivity contribution in [3.63, 3.8) is 0 Å². The van der Waals surface area contributed by atoms with E-state index in [4.69, 9.17) is 11.6 Å². The van der Waals surface area contributed by atoms with Crippen LogP contribution in [0.15, 0.2) is 60.7 Å². The molecule has 1 aliphatic carbocycles. The van der Waals surface area contributed by atoms with Crippen molar-refractivity contribution in [2.45, 2.75) is 43.9 Å². The zero-order valence-electron chi connectivity index (χ0n) is 22.1. The second kappa shape index (κ2) is 9.45. The molecule has 3 aromatic carbocycles. The van der Waals surface area contributed by atoms with Gasteiger partial charge in [0.05, 0.1) is 5.69 Å². The second-order valence-electron chi connectivity index (χ2n) is 10.9. The Morgan fingerprint density at radius 1 is 0.950 bits per heavy atom. The lowest BCUT2D eigenvalue weighted by molar-refractivity contribution is 0.0982. The Morgan fingerprint density at radius 3 is 2.48 bits per heavy atom. The Morgan fingerprint density at radius 2 is 1.68 bits per heavy atom. The Bertz CT molecular complexity index is 1790. The summed E-state index contributed by atoms with van der Waals surface area (Å²) in [6.07, 6.45) is 3.88. The third-order valence-corrected chi connectivity index (χ3v) is 8.68. The average molecular weight is 553 g/mol. The number of amides is 2. The van der Waals surface area contributed by atoms with Gasteiger partial charge in [0.2, 0.25) is 0 Å². The summed E-state index contributed by atoms with van der Waals surface area (Å²) >= 11 is 6.66. The molecule has 8 heteroatoms. The van der Waals surface area contributed by atoms with Gasteiger partial charge in [-0.15, -0.1) is 11.6 Å². The number of carbonyl (C=O) groups is 2. The Labute approximate surface area is 236 Å². The van der Waals surface area contributed by atoms with Crippen LogP contribution in [0.25, 0.3) is 21.8 Å². The minimum atomic E-state index is -0.236. The lowest BCUT2D eigenvalue weighted by Gasteiger charge is -2.24. The van der Waals surface area contributed by atoms with E-state index >= 15 is 0 Å². The van der Waals surface area contributed by atoms with Crippen molar-refractivity contribution < 1.29 is 14.7 Å². The number of benzene rings is 3. The number of rotatable bonds is 4. The number of aromatic amines is 2. The van der Waals surface area contributed by atoms with Gasteiger partial charge < -0.3 is 25.3 Å². The van der Waals surface area contributed by atoms with Gasteiger partial charge in [-0.25, -0.2) is 0 Å². The van der Waals surface area contributed by atoms with Crippen LogP contribution in [0.5, 0.6) is 5.75 Å². The van der Waals surface area contributed by atoms with Gasteiger partial charge in [-0.1, -0.05) is 18.2 Å². The largest absolute Gasteiger partial charge is 0.508 e. The van der Waals surface area contributed by atoms with Gasteiger partial charge in [0.15, 0.2) is 0 Å². The van der Waals surface area contributed by atoms with Crippen molar-refractivity contribution in [3.8, 4) is 5.75 Å². The highest BCUT2D eigenvalue weighted by Crippen LogP contribution is 2.48. The number of carbonyl (C=O) groups excluding carboxylic acids is 2. The Hall–Kier alpha value is -4.23. The first kappa shape index (κ1) is 24.8. The fourth-order valence-electron chi connectivity index (χ4n) is 6.39. The highest BCUT2D eigenvalue weighted by Gasteiger charge is 2.39. The third-order valence-electron chi connectivity index (χ3n) is 8.38. The Balaban J connectivity index is 1.18. The summed E-state index contributed by atoms with van der Waals surface area (Å²) in [5, 5.41) is 15.4. The number of nitrogens with zero attached hydrogens (tertiary/aromatic N) is 1. The van der Waals surface area contributed by atoms with Gasteiger partial charge in [-0.05, 0) is 85.7 Å². The number of aromatic hydroxyl groups is 1. The number of aromatic nitrogens is 2. The standard InChI is InChI=1S/C32H29ClN4O3/c1-17(33)23-16-37(28-15-29(38)21-7-3-4-8-22(21)30(23)28)32(40)27-14-19-12-20(10-11-25(19)36-27)34-31(39)26-13-18-6-2-5-9-24(18)35-26/h2,5-6,9-15,17,23,35-36,38H,3-4,7-8,16H2,1H3,(H,34,39)/t17-,23+/m0/s1. The smallest absolute Gasteiger partial charge is 0.274 e. The number of H-pyrrole nitrogens is 2. The Kier molecular flexibility index (Phi) is 5.86. The number of para-hydroxylation sites is 1. The van der Waals surface area contributed by atoms with Gasteiger partial charge in [0.25, 0.3) is 11.8 Å². The summed E-state index contributed by atoms with van der Waals surface area (Å²) in [4.78, 5) is 34.9. The highest BCUT2D eigenvalue weighted by atomic mass is 35.5. The molecule has 0 saturated carbocycles. The molecule has 7 nitrogen and oxygen atoms in total. The molecule has 5 aromatic rings. The van der Waals surface area contributed by atoms with E-state index in [9.17, 15) is 14.7 Å². The van der Waals surface area contributed by atoms with E-state index in [-0.39, 0.29) is 28.9 Å². The fourth-order valence-corrected chi connectivity index (χ4v) is 6.60. The minimum Gasteiger partial charge on any atom is -0.508 e. The summed E-state index contributed by atoms with van der Waals surface area (Å²) in [6.45, 7) is 2.44. The number of anilines is 2. The van der Waals surface area contributed by atoms with Crippen LogP contribution in [0, 0.1) is 0 Å². The summed E-state index contributed by atoms with van der Waals surface area (Å²) in [5.41, 5.74) is 7.30. The highest BCUT2D eigenvalue weighted by molar-refractivity contribution is 6.21. The maximum Gasteiger partial charge on any atom is 0.274 e. The second-order valence-corrected chi connectivity index (χ2v) is 11.6. The van der Waals surface area contributed by atoms with Crippen molar-refractivity contribution in [2.24, 2.45) is 0 Å². The van der Waals surface area contributed by atoms with Crippen LogP contribution >= 0.6 is 11.6 Å². The van der Waals surface area contributed by atoms with Crippen LogP contribution in [0.1, 0.15) is 63.4 Å². The van der Waals surface area contributed by atoms with Gasteiger partial charge >= 0.3 is 0 Å². The number of alkyl halides is 1. The molecule has 0 saturated heterocycles. The monoisotopic (exact) mass is 552 g/mol. The molecule has 3 heterocycles. The fraction of sp³-hybridized carbons (Fsp3) is 0.250. The van der Waals surface area contributed by atoms with Crippen molar-refractivity contribution in [1.82, 2.24) is 9.97 Å². The van der Waals surface area contributed by atoms with E-state index in [2.05, 4.69) is 15.3 Å². The van der Waals surface area contributed by atoms with Gasteiger partial charge in [0.1, 0.15) is 17.1 Å². The van der Waals surface area contributed by atoms with Crippen LogP contribution in [0.4, 0.5) is 11.4 Å². The summed E-state index contributed by atoms with van der Waals surface area (Å²) < 4.78 is 0. The summed E-state index contributed by atoms with van der Waals surface area (Å²) in [7, 11) is 0. The van der Waals surface area contributed by atoms with E-state index in [1.807, 2.05) is 61.5 Å². The zero-order valence-corrected chi connectivity index (χ0v) is 22.8. The predicted molar refractivity (Wildman–Crippen MR) is 159 cm³/mol.